The molecule has 16 heavy (non-hydrogen) atoms. The Morgan fingerprint density at radius 2 is 2.19 bits per heavy atom. The van der Waals surface area contributed by atoms with Crippen molar-refractivity contribution in [2.75, 3.05) is 6.61 Å². The molecular weight excluding hydrogens is 212 g/mol. The lowest BCUT2D eigenvalue weighted by atomic mass is 9.92. The SMILES string of the molecule is CC1(C)CCC(NC(=O)NOCC(=O)O)C1. The highest BCUT2D eigenvalue weighted by Gasteiger charge is 2.31. The number of carbonyl (C=O) groups is 2. The Morgan fingerprint density at radius 3 is 2.69 bits per heavy atom. The Bertz CT molecular complexity index is 278. The van der Waals surface area contributed by atoms with E-state index in [-0.39, 0.29) is 11.5 Å². The Morgan fingerprint density at radius 1 is 1.50 bits per heavy atom. The van der Waals surface area contributed by atoms with E-state index in [9.17, 15) is 9.59 Å². The van der Waals surface area contributed by atoms with E-state index in [1.165, 1.54) is 0 Å². The van der Waals surface area contributed by atoms with E-state index in [4.69, 9.17) is 5.11 Å². The standard InChI is InChI=1S/C10H18N2O4/c1-10(2)4-3-7(5-10)11-9(15)12-16-6-8(13)14/h7H,3-6H2,1-2H3,(H,13,14)(H2,11,12,15). The van der Waals surface area contributed by atoms with Gasteiger partial charge in [-0.1, -0.05) is 13.8 Å². The van der Waals surface area contributed by atoms with Gasteiger partial charge >= 0.3 is 12.0 Å². The minimum atomic E-state index is -1.12. The molecule has 0 aromatic heterocycles. The van der Waals surface area contributed by atoms with Gasteiger partial charge in [-0.25, -0.2) is 15.1 Å². The molecule has 0 aromatic carbocycles. The van der Waals surface area contributed by atoms with Crippen molar-refractivity contribution in [1.29, 1.82) is 0 Å². The topological polar surface area (TPSA) is 87.7 Å². The number of hydroxylamine groups is 1. The summed E-state index contributed by atoms with van der Waals surface area (Å²) in [4.78, 5) is 25.8. The summed E-state index contributed by atoms with van der Waals surface area (Å²) in [5.74, 6) is -1.12. The summed E-state index contributed by atoms with van der Waals surface area (Å²) in [7, 11) is 0. The molecule has 0 saturated heterocycles. The molecule has 6 nitrogen and oxygen atoms in total. The molecule has 1 saturated carbocycles. The molecule has 6 heteroatoms. The molecule has 3 N–H and O–H groups in total. The second-order valence-electron chi connectivity index (χ2n) is 4.86. The highest BCUT2D eigenvalue weighted by molar-refractivity contribution is 5.73. The maximum atomic E-state index is 11.3. The van der Waals surface area contributed by atoms with Crippen LogP contribution in [0.3, 0.4) is 0 Å². The van der Waals surface area contributed by atoms with Gasteiger partial charge in [0.2, 0.25) is 0 Å². The minimum Gasteiger partial charge on any atom is -0.479 e. The number of urea groups is 1. The molecule has 1 unspecified atom stereocenters. The van der Waals surface area contributed by atoms with Crippen molar-refractivity contribution < 1.29 is 19.5 Å². The molecule has 1 fully saturated rings. The van der Waals surface area contributed by atoms with Crippen LogP contribution >= 0.6 is 0 Å². The smallest absolute Gasteiger partial charge is 0.338 e. The van der Waals surface area contributed by atoms with Crippen molar-refractivity contribution in [3.8, 4) is 0 Å². The maximum Gasteiger partial charge on any atom is 0.338 e. The Balaban J connectivity index is 2.18. The van der Waals surface area contributed by atoms with Gasteiger partial charge in [-0.05, 0) is 24.7 Å². The van der Waals surface area contributed by atoms with Crippen molar-refractivity contribution >= 4 is 12.0 Å². The Hall–Kier alpha value is -1.30. The van der Waals surface area contributed by atoms with Gasteiger partial charge in [-0.3, -0.25) is 4.84 Å². The van der Waals surface area contributed by atoms with Crippen LogP contribution in [0, 0.1) is 5.41 Å². The fourth-order valence-corrected chi connectivity index (χ4v) is 1.94. The molecule has 1 rings (SSSR count). The molecule has 0 aliphatic heterocycles. The molecular formula is C10H18N2O4. The number of carboxylic acid groups (broad SMARTS) is 1. The van der Waals surface area contributed by atoms with Crippen molar-refractivity contribution in [3.05, 3.63) is 0 Å². The molecule has 0 spiro atoms. The predicted molar refractivity (Wildman–Crippen MR) is 56.7 cm³/mol. The second-order valence-corrected chi connectivity index (χ2v) is 4.86. The average Bonchev–Trinajstić information content (AvgIpc) is 2.44. The summed E-state index contributed by atoms with van der Waals surface area (Å²) in [5, 5.41) is 11.0. The van der Waals surface area contributed by atoms with Crippen LogP contribution < -0.4 is 10.8 Å². The van der Waals surface area contributed by atoms with Crippen molar-refractivity contribution in [2.24, 2.45) is 5.41 Å². The Kier molecular flexibility index (Phi) is 4.12. The van der Waals surface area contributed by atoms with E-state index in [1.807, 2.05) is 5.48 Å². The highest BCUT2D eigenvalue weighted by atomic mass is 16.7. The number of nitrogens with one attached hydrogen (secondary N) is 2. The second kappa shape index (κ2) is 5.16. The number of hydrogen-bond donors (Lipinski definition) is 3. The van der Waals surface area contributed by atoms with E-state index >= 15 is 0 Å². The fourth-order valence-electron chi connectivity index (χ4n) is 1.94. The van der Waals surface area contributed by atoms with Crippen LogP contribution in [0.1, 0.15) is 33.1 Å². The van der Waals surface area contributed by atoms with E-state index in [1.54, 1.807) is 0 Å². The first-order valence-corrected chi connectivity index (χ1v) is 5.29. The van der Waals surface area contributed by atoms with Gasteiger partial charge in [0.15, 0.2) is 6.61 Å². The normalized spacial score (nSPS) is 22.8. The highest BCUT2D eigenvalue weighted by Crippen LogP contribution is 2.36. The van der Waals surface area contributed by atoms with Crippen LogP contribution in [0.4, 0.5) is 4.79 Å². The van der Waals surface area contributed by atoms with Gasteiger partial charge in [-0.2, -0.15) is 0 Å². The molecule has 92 valence electrons. The molecule has 0 aromatic rings. The third-order valence-corrected chi connectivity index (χ3v) is 2.66. The quantitative estimate of drug-likeness (QED) is 0.625. The number of rotatable bonds is 4. The lowest BCUT2D eigenvalue weighted by Crippen LogP contribution is -2.41. The summed E-state index contributed by atoms with van der Waals surface area (Å²) in [6.07, 6.45) is 2.95. The van der Waals surface area contributed by atoms with Gasteiger partial charge < -0.3 is 10.4 Å². The minimum absolute atomic E-state index is 0.142. The lowest BCUT2D eigenvalue weighted by molar-refractivity contribution is -0.144. The average molecular weight is 230 g/mol. The number of amides is 2. The van der Waals surface area contributed by atoms with Gasteiger partial charge in [0.05, 0.1) is 0 Å². The summed E-state index contributed by atoms with van der Waals surface area (Å²) in [6.45, 7) is 3.78. The van der Waals surface area contributed by atoms with Gasteiger partial charge in [0, 0.05) is 6.04 Å². The number of aliphatic carboxylic acids is 1. The predicted octanol–water partition coefficient (Wildman–Crippen LogP) is 0.880. The van der Waals surface area contributed by atoms with Gasteiger partial charge in [0.25, 0.3) is 0 Å². The van der Waals surface area contributed by atoms with Crippen molar-refractivity contribution in [3.63, 3.8) is 0 Å². The maximum absolute atomic E-state index is 11.3. The lowest BCUT2D eigenvalue weighted by Gasteiger charge is -2.17. The van der Waals surface area contributed by atoms with E-state index in [0.29, 0.717) is 0 Å². The van der Waals surface area contributed by atoms with E-state index < -0.39 is 18.6 Å². The Labute approximate surface area is 94.3 Å². The number of carboxylic acids is 1. The van der Waals surface area contributed by atoms with E-state index in [2.05, 4.69) is 24.0 Å². The largest absolute Gasteiger partial charge is 0.479 e. The zero-order valence-corrected chi connectivity index (χ0v) is 9.58. The van der Waals surface area contributed by atoms with Crippen LogP contribution in [-0.2, 0) is 9.63 Å². The zero-order valence-electron chi connectivity index (χ0n) is 9.58. The summed E-state index contributed by atoms with van der Waals surface area (Å²) < 4.78 is 0. The van der Waals surface area contributed by atoms with Crippen LogP contribution in [-0.4, -0.2) is 29.8 Å². The third-order valence-electron chi connectivity index (χ3n) is 2.66. The first-order valence-electron chi connectivity index (χ1n) is 5.29. The molecule has 1 aliphatic rings. The van der Waals surface area contributed by atoms with E-state index in [0.717, 1.165) is 19.3 Å². The molecule has 1 atom stereocenters. The summed E-state index contributed by atoms with van der Waals surface area (Å²) in [5.41, 5.74) is 2.30. The molecule has 0 bridgehead atoms. The summed E-state index contributed by atoms with van der Waals surface area (Å²) in [6, 6.07) is -0.340. The van der Waals surface area contributed by atoms with Crippen LogP contribution in [0.2, 0.25) is 0 Å². The molecule has 0 heterocycles. The van der Waals surface area contributed by atoms with Crippen molar-refractivity contribution in [1.82, 2.24) is 10.8 Å². The third kappa shape index (κ3) is 4.48. The first-order chi connectivity index (χ1) is 7.39. The molecule has 1 aliphatic carbocycles. The zero-order chi connectivity index (χ0) is 12.2. The fraction of sp³-hybridized carbons (Fsp3) is 0.800. The summed E-state index contributed by atoms with van der Waals surface area (Å²) >= 11 is 0. The first kappa shape index (κ1) is 12.8. The molecule has 2 amide bonds. The monoisotopic (exact) mass is 230 g/mol. The van der Waals surface area contributed by atoms with Crippen LogP contribution in [0.15, 0.2) is 0 Å². The van der Waals surface area contributed by atoms with Crippen LogP contribution in [0.25, 0.3) is 0 Å². The van der Waals surface area contributed by atoms with Crippen LogP contribution in [0.5, 0.6) is 0 Å². The van der Waals surface area contributed by atoms with Gasteiger partial charge in [-0.15, -0.1) is 0 Å². The van der Waals surface area contributed by atoms with Gasteiger partial charge in [0.1, 0.15) is 0 Å². The number of hydrogen-bond acceptors (Lipinski definition) is 3. The molecule has 0 radical (unpaired) electrons. The number of carbonyl (C=O) groups excluding carboxylic acids is 1. The van der Waals surface area contributed by atoms with Crippen molar-refractivity contribution in [2.45, 2.75) is 39.2 Å².